The molecule has 2 nitrogen and oxygen atoms in total. The van der Waals surface area contributed by atoms with Crippen LogP contribution in [0, 0.1) is 5.92 Å². The molecule has 2 atom stereocenters. The van der Waals surface area contributed by atoms with E-state index in [1.54, 1.807) is 0 Å². The van der Waals surface area contributed by atoms with Crippen LogP contribution in [0.15, 0.2) is 54.6 Å². The van der Waals surface area contributed by atoms with Crippen LogP contribution >= 0.6 is 0 Å². The first-order chi connectivity index (χ1) is 11.4. The van der Waals surface area contributed by atoms with Gasteiger partial charge in [-0.2, -0.15) is 0 Å². The van der Waals surface area contributed by atoms with Crippen molar-refractivity contribution in [1.82, 2.24) is 5.32 Å². The van der Waals surface area contributed by atoms with Gasteiger partial charge in [0.1, 0.15) is 5.75 Å². The molecule has 0 amide bonds. The van der Waals surface area contributed by atoms with Crippen molar-refractivity contribution in [3.8, 4) is 5.75 Å². The van der Waals surface area contributed by atoms with E-state index < -0.39 is 0 Å². The van der Waals surface area contributed by atoms with Crippen LogP contribution in [0.4, 0.5) is 0 Å². The minimum absolute atomic E-state index is 0.529. The van der Waals surface area contributed by atoms with E-state index in [4.69, 9.17) is 4.74 Å². The van der Waals surface area contributed by atoms with Gasteiger partial charge in [-0.15, -0.1) is 0 Å². The van der Waals surface area contributed by atoms with Gasteiger partial charge in [0, 0.05) is 12.5 Å². The van der Waals surface area contributed by atoms with Crippen LogP contribution in [-0.2, 0) is 6.42 Å². The highest BCUT2D eigenvalue weighted by Crippen LogP contribution is 2.31. The third kappa shape index (κ3) is 4.14. The van der Waals surface area contributed by atoms with Gasteiger partial charge >= 0.3 is 0 Å². The SMILES string of the molecule is CCCc1ccccc1OC[C@H]1CNCC[C@H]1c1ccccc1. The molecule has 0 unspecified atom stereocenters. The first kappa shape index (κ1) is 16.1. The number of hydrogen-bond acceptors (Lipinski definition) is 2. The first-order valence-electron chi connectivity index (χ1n) is 8.85. The highest BCUT2D eigenvalue weighted by Gasteiger charge is 2.27. The Kier molecular flexibility index (Phi) is 5.71. The number of nitrogens with one attached hydrogen (secondary N) is 1. The topological polar surface area (TPSA) is 21.3 Å². The van der Waals surface area contributed by atoms with Crippen LogP contribution in [0.5, 0.6) is 5.75 Å². The largest absolute Gasteiger partial charge is 0.493 e. The molecule has 2 heteroatoms. The molecule has 2 aromatic rings. The first-order valence-corrected chi connectivity index (χ1v) is 8.85. The second-order valence-corrected chi connectivity index (χ2v) is 6.44. The van der Waals surface area contributed by atoms with Gasteiger partial charge in [0.25, 0.3) is 0 Å². The monoisotopic (exact) mass is 309 g/mol. The number of hydrogen-bond donors (Lipinski definition) is 1. The van der Waals surface area contributed by atoms with E-state index in [1.165, 1.54) is 17.5 Å². The van der Waals surface area contributed by atoms with E-state index in [0.717, 1.165) is 38.3 Å². The number of aryl methyl sites for hydroxylation is 1. The van der Waals surface area contributed by atoms with Crippen LogP contribution in [0.2, 0.25) is 0 Å². The Hall–Kier alpha value is -1.80. The van der Waals surface area contributed by atoms with Crippen molar-refractivity contribution in [2.75, 3.05) is 19.7 Å². The molecule has 0 saturated carbocycles. The maximum Gasteiger partial charge on any atom is 0.122 e. The van der Waals surface area contributed by atoms with Crippen molar-refractivity contribution in [1.29, 1.82) is 0 Å². The molecule has 0 radical (unpaired) electrons. The Morgan fingerprint density at radius 2 is 1.83 bits per heavy atom. The number of para-hydroxylation sites is 1. The van der Waals surface area contributed by atoms with E-state index in [-0.39, 0.29) is 0 Å². The lowest BCUT2D eigenvalue weighted by Crippen LogP contribution is -2.38. The Morgan fingerprint density at radius 3 is 2.65 bits per heavy atom. The van der Waals surface area contributed by atoms with Gasteiger partial charge in [-0.3, -0.25) is 0 Å². The smallest absolute Gasteiger partial charge is 0.122 e. The lowest BCUT2D eigenvalue weighted by atomic mass is 9.81. The molecule has 1 N–H and O–H groups in total. The molecule has 0 aliphatic carbocycles. The highest BCUT2D eigenvalue weighted by atomic mass is 16.5. The van der Waals surface area contributed by atoms with Gasteiger partial charge in [0.15, 0.2) is 0 Å². The zero-order chi connectivity index (χ0) is 15.9. The van der Waals surface area contributed by atoms with E-state index >= 15 is 0 Å². The fourth-order valence-electron chi connectivity index (χ4n) is 3.55. The van der Waals surface area contributed by atoms with Gasteiger partial charge in [-0.25, -0.2) is 0 Å². The molecule has 1 saturated heterocycles. The van der Waals surface area contributed by atoms with Crippen LogP contribution in [-0.4, -0.2) is 19.7 Å². The highest BCUT2D eigenvalue weighted by molar-refractivity contribution is 5.33. The van der Waals surface area contributed by atoms with Gasteiger partial charge in [-0.05, 0) is 42.5 Å². The summed E-state index contributed by atoms with van der Waals surface area (Å²) in [6, 6.07) is 19.4. The fraction of sp³-hybridized carbons (Fsp3) is 0.429. The van der Waals surface area contributed by atoms with Gasteiger partial charge in [-0.1, -0.05) is 61.9 Å². The summed E-state index contributed by atoms with van der Waals surface area (Å²) in [4.78, 5) is 0. The molecule has 0 spiro atoms. The predicted molar refractivity (Wildman–Crippen MR) is 96.1 cm³/mol. The van der Waals surface area contributed by atoms with Crippen molar-refractivity contribution >= 4 is 0 Å². The second kappa shape index (κ2) is 8.16. The van der Waals surface area contributed by atoms with Crippen LogP contribution < -0.4 is 10.1 Å². The molecule has 122 valence electrons. The van der Waals surface area contributed by atoms with Crippen molar-refractivity contribution in [2.24, 2.45) is 5.92 Å². The second-order valence-electron chi connectivity index (χ2n) is 6.44. The Bertz CT molecular complexity index is 596. The predicted octanol–water partition coefficient (Wildman–Crippen LogP) is 4.41. The Balaban J connectivity index is 1.68. The molecule has 0 bridgehead atoms. The van der Waals surface area contributed by atoms with Crippen molar-refractivity contribution in [3.63, 3.8) is 0 Å². The normalized spacial score (nSPS) is 21.1. The van der Waals surface area contributed by atoms with Gasteiger partial charge in [0.2, 0.25) is 0 Å². The summed E-state index contributed by atoms with van der Waals surface area (Å²) in [5, 5.41) is 3.53. The number of rotatable bonds is 6. The van der Waals surface area contributed by atoms with E-state index in [2.05, 4.69) is 66.8 Å². The molecule has 1 aliphatic rings. The quantitative estimate of drug-likeness (QED) is 0.853. The number of piperidine rings is 1. The van der Waals surface area contributed by atoms with Crippen molar-refractivity contribution in [3.05, 3.63) is 65.7 Å². The summed E-state index contributed by atoms with van der Waals surface area (Å²) < 4.78 is 6.24. The Labute approximate surface area is 139 Å². The molecular formula is C21H27NO. The van der Waals surface area contributed by atoms with Crippen molar-refractivity contribution < 1.29 is 4.74 Å². The summed E-state index contributed by atoms with van der Waals surface area (Å²) in [6.45, 7) is 5.14. The summed E-state index contributed by atoms with van der Waals surface area (Å²) in [7, 11) is 0. The zero-order valence-corrected chi connectivity index (χ0v) is 14.0. The van der Waals surface area contributed by atoms with E-state index in [9.17, 15) is 0 Å². The molecule has 1 fully saturated rings. The molecule has 2 aromatic carbocycles. The third-order valence-corrected chi connectivity index (χ3v) is 4.78. The molecule has 1 aliphatic heterocycles. The lowest BCUT2D eigenvalue weighted by Gasteiger charge is -2.32. The van der Waals surface area contributed by atoms with E-state index in [0.29, 0.717) is 11.8 Å². The minimum Gasteiger partial charge on any atom is -0.493 e. The number of benzene rings is 2. The third-order valence-electron chi connectivity index (χ3n) is 4.78. The van der Waals surface area contributed by atoms with Crippen LogP contribution in [0.1, 0.15) is 36.8 Å². The molecule has 0 aromatic heterocycles. The summed E-state index contributed by atoms with van der Waals surface area (Å²) in [5.41, 5.74) is 2.78. The summed E-state index contributed by atoms with van der Waals surface area (Å²) >= 11 is 0. The Morgan fingerprint density at radius 1 is 1.04 bits per heavy atom. The van der Waals surface area contributed by atoms with Gasteiger partial charge < -0.3 is 10.1 Å². The number of ether oxygens (including phenoxy) is 1. The summed E-state index contributed by atoms with van der Waals surface area (Å²) in [6.07, 6.45) is 3.42. The minimum atomic E-state index is 0.529. The average molecular weight is 309 g/mol. The summed E-state index contributed by atoms with van der Waals surface area (Å²) in [5.74, 6) is 2.18. The van der Waals surface area contributed by atoms with Crippen LogP contribution in [0.25, 0.3) is 0 Å². The maximum absolute atomic E-state index is 6.24. The standard InChI is InChI=1S/C21H27NO/c1-2-8-18-11-6-7-12-21(18)23-16-19-15-22-14-13-20(19)17-9-4-3-5-10-17/h3-7,9-12,19-20,22H,2,8,13-16H2,1H3/t19-,20+/m1/s1. The molecule has 3 rings (SSSR count). The van der Waals surface area contributed by atoms with E-state index in [1.807, 2.05) is 0 Å². The lowest BCUT2D eigenvalue weighted by molar-refractivity contribution is 0.195. The average Bonchev–Trinajstić information content (AvgIpc) is 2.62. The molecule has 1 heterocycles. The molecular weight excluding hydrogens is 282 g/mol. The maximum atomic E-state index is 6.24. The van der Waals surface area contributed by atoms with Crippen LogP contribution in [0.3, 0.4) is 0 Å². The molecule has 23 heavy (non-hydrogen) atoms. The fourth-order valence-corrected chi connectivity index (χ4v) is 3.55. The van der Waals surface area contributed by atoms with Gasteiger partial charge in [0.05, 0.1) is 6.61 Å². The van der Waals surface area contributed by atoms with Crippen molar-refractivity contribution in [2.45, 2.75) is 32.1 Å². The zero-order valence-electron chi connectivity index (χ0n) is 14.0.